The van der Waals surface area contributed by atoms with Crippen molar-refractivity contribution in [2.45, 2.75) is 33.1 Å². The first-order valence-electron chi connectivity index (χ1n) is 4.57. The van der Waals surface area contributed by atoms with E-state index in [1.54, 1.807) is 12.2 Å². The first-order valence-corrected chi connectivity index (χ1v) is 4.57. The molecule has 0 spiro atoms. The maximum atomic E-state index is 3.67. The molecule has 0 saturated heterocycles. The summed E-state index contributed by atoms with van der Waals surface area (Å²) in [5, 5.41) is 0. The number of rotatable bonds is 2. The number of hydrogen-bond acceptors (Lipinski definition) is 0. The molecule has 0 aliphatic carbocycles. The summed E-state index contributed by atoms with van der Waals surface area (Å²) in [5.41, 5.74) is 0.878. The van der Waals surface area contributed by atoms with Gasteiger partial charge in [0.1, 0.15) is 0 Å². The van der Waals surface area contributed by atoms with E-state index in [0.717, 1.165) is 12.0 Å². The summed E-state index contributed by atoms with van der Waals surface area (Å²) in [4.78, 5) is 0. The van der Waals surface area contributed by atoms with Crippen molar-refractivity contribution in [1.29, 1.82) is 0 Å². The molecule has 0 unspecified atom stereocenters. The molecule has 0 aromatic carbocycles. The zero-order valence-corrected chi connectivity index (χ0v) is 8.48. The van der Waals surface area contributed by atoms with Crippen molar-refractivity contribution in [2.75, 3.05) is 0 Å². The first-order chi connectivity index (χ1) is 6.27. The SMILES string of the molecule is C=C(C)C#C/C=C\C#CCCCC. The molecule has 0 bridgehead atoms. The van der Waals surface area contributed by atoms with Crippen molar-refractivity contribution in [3.63, 3.8) is 0 Å². The normalized spacial score (nSPS) is 8.46. The minimum Gasteiger partial charge on any atom is -0.0985 e. The maximum Gasteiger partial charge on any atom is 0.00921 e. The third-order valence-corrected chi connectivity index (χ3v) is 1.29. The molecular formula is C13H16. The largest absolute Gasteiger partial charge is 0.0985 e. The van der Waals surface area contributed by atoms with Crippen molar-refractivity contribution in [3.05, 3.63) is 24.3 Å². The lowest BCUT2D eigenvalue weighted by atomic mass is 10.2. The van der Waals surface area contributed by atoms with Crippen LogP contribution in [0.4, 0.5) is 0 Å². The third-order valence-electron chi connectivity index (χ3n) is 1.29. The van der Waals surface area contributed by atoms with Gasteiger partial charge in [-0.15, -0.1) is 0 Å². The van der Waals surface area contributed by atoms with Gasteiger partial charge in [0.2, 0.25) is 0 Å². The van der Waals surface area contributed by atoms with Crippen LogP contribution < -0.4 is 0 Å². The van der Waals surface area contributed by atoms with Crippen molar-refractivity contribution in [3.8, 4) is 23.7 Å². The van der Waals surface area contributed by atoms with E-state index in [0.29, 0.717) is 0 Å². The van der Waals surface area contributed by atoms with Gasteiger partial charge in [-0.1, -0.05) is 43.6 Å². The fourth-order valence-electron chi connectivity index (χ4n) is 0.644. The molecule has 0 heterocycles. The van der Waals surface area contributed by atoms with E-state index in [-0.39, 0.29) is 0 Å². The average Bonchev–Trinajstić information content (AvgIpc) is 2.09. The van der Waals surface area contributed by atoms with Gasteiger partial charge in [0.25, 0.3) is 0 Å². The fraction of sp³-hybridized carbons (Fsp3) is 0.385. The minimum atomic E-state index is 0.878. The third kappa shape index (κ3) is 10.6. The summed E-state index contributed by atoms with van der Waals surface area (Å²) < 4.78 is 0. The molecule has 0 nitrogen and oxygen atoms in total. The first kappa shape index (κ1) is 11.6. The van der Waals surface area contributed by atoms with Crippen LogP contribution in [-0.4, -0.2) is 0 Å². The van der Waals surface area contributed by atoms with E-state index in [1.807, 2.05) is 6.92 Å². The van der Waals surface area contributed by atoms with Crippen LogP contribution in [0.2, 0.25) is 0 Å². The van der Waals surface area contributed by atoms with Crippen LogP contribution in [0.15, 0.2) is 24.3 Å². The lowest BCUT2D eigenvalue weighted by Crippen LogP contribution is -1.65. The molecule has 0 radical (unpaired) electrons. The van der Waals surface area contributed by atoms with E-state index in [2.05, 4.69) is 37.2 Å². The standard InChI is InChI=1S/C13H16/c1-4-5-6-7-8-9-10-11-12-13(2)3/h9-10H,2,4-6H2,1,3H3/b10-9-. The number of unbranched alkanes of at least 4 members (excludes halogenated alkanes) is 2. The summed E-state index contributed by atoms with van der Waals surface area (Å²) in [6.07, 6.45) is 6.90. The smallest absolute Gasteiger partial charge is 0.00921 e. The Morgan fingerprint density at radius 1 is 1.31 bits per heavy atom. The second-order valence-corrected chi connectivity index (χ2v) is 2.81. The zero-order valence-electron chi connectivity index (χ0n) is 8.48. The number of allylic oxidation sites excluding steroid dienone is 3. The van der Waals surface area contributed by atoms with E-state index in [9.17, 15) is 0 Å². The topological polar surface area (TPSA) is 0 Å². The van der Waals surface area contributed by atoms with Crippen molar-refractivity contribution < 1.29 is 0 Å². The summed E-state index contributed by atoms with van der Waals surface area (Å²) in [7, 11) is 0. The van der Waals surface area contributed by atoms with Gasteiger partial charge in [0, 0.05) is 6.42 Å². The molecule has 0 aliphatic heterocycles. The molecular weight excluding hydrogens is 156 g/mol. The second-order valence-electron chi connectivity index (χ2n) is 2.81. The van der Waals surface area contributed by atoms with E-state index in [4.69, 9.17) is 0 Å². The Bertz CT molecular complexity index is 283. The lowest BCUT2D eigenvalue weighted by molar-refractivity contribution is 0.828. The Hall–Kier alpha value is -1.40. The van der Waals surface area contributed by atoms with Crippen molar-refractivity contribution >= 4 is 0 Å². The van der Waals surface area contributed by atoms with Gasteiger partial charge in [-0.2, -0.15) is 0 Å². The molecule has 68 valence electrons. The minimum absolute atomic E-state index is 0.878. The highest BCUT2D eigenvalue weighted by molar-refractivity contribution is 5.31. The lowest BCUT2D eigenvalue weighted by Gasteiger charge is -1.81. The van der Waals surface area contributed by atoms with Crippen LogP contribution >= 0.6 is 0 Å². The Morgan fingerprint density at radius 2 is 2.00 bits per heavy atom. The highest BCUT2D eigenvalue weighted by Gasteiger charge is 1.73. The quantitative estimate of drug-likeness (QED) is 0.443. The van der Waals surface area contributed by atoms with Gasteiger partial charge < -0.3 is 0 Å². The van der Waals surface area contributed by atoms with Crippen LogP contribution in [-0.2, 0) is 0 Å². The molecule has 0 N–H and O–H groups in total. The molecule has 0 heteroatoms. The molecule has 0 amide bonds. The van der Waals surface area contributed by atoms with Gasteiger partial charge in [-0.25, -0.2) is 0 Å². The van der Waals surface area contributed by atoms with Crippen LogP contribution in [0.3, 0.4) is 0 Å². The summed E-state index contributed by atoms with van der Waals surface area (Å²) in [5.74, 6) is 11.7. The molecule has 0 saturated carbocycles. The maximum absolute atomic E-state index is 3.67. The molecule has 0 rings (SSSR count). The van der Waals surface area contributed by atoms with Gasteiger partial charge in [-0.3, -0.25) is 0 Å². The highest BCUT2D eigenvalue weighted by Crippen LogP contribution is 1.90. The fourth-order valence-corrected chi connectivity index (χ4v) is 0.644. The Labute approximate surface area is 81.7 Å². The molecule has 0 aromatic rings. The Kier molecular flexibility index (Phi) is 7.76. The van der Waals surface area contributed by atoms with E-state index >= 15 is 0 Å². The van der Waals surface area contributed by atoms with Crippen molar-refractivity contribution in [2.24, 2.45) is 0 Å². The van der Waals surface area contributed by atoms with Gasteiger partial charge in [0.05, 0.1) is 0 Å². The molecule has 0 fully saturated rings. The Morgan fingerprint density at radius 3 is 2.62 bits per heavy atom. The second kappa shape index (κ2) is 8.69. The summed E-state index contributed by atoms with van der Waals surface area (Å²) in [6.45, 7) is 7.72. The monoisotopic (exact) mass is 172 g/mol. The molecule has 0 atom stereocenters. The average molecular weight is 172 g/mol. The summed E-state index contributed by atoms with van der Waals surface area (Å²) in [6, 6.07) is 0. The van der Waals surface area contributed by atoms with E-state index in [1.165, 1.54) is 12.8 Å². The predicted octanol–water partition coefficient (Wildman–Crippen LogP) is 3.32. The van der Waals surface area contributed by atoms with Crippen LogP contribution in [0, 0.1) is 23.7 Å². The highest BCUT2D eigenvalue weighted by atomic mass is 13.8. The van der Waals surface area contributed by atoms with Crippen LogP contribution in [0.25, 0.3) is 0 Å². The summed E-state index contributed by atoms with van der Waals surface area (Å²) >= 11 is 0. The van der Waals surface area contributed by atoms with Gasteiger partial charge >= 0.3 is 0 Å². The molecule has 13 heavy (non-hydrogen) atoms. The zero-order chi connectivity index (χ0) is 9.94. The molecule has 0 aliphatic rings. The molecule has 0 aromatic heterocycles. The van der Waals surface area contributed by atoms with Crippen molar-refractivity contribution in [1.82, 2.24) is 0 Å². The Balaban J connectivity index is 3.68. The number of hydrogen-bond donors (Lipinski definition) is 0. The van der Waals surface area contributed by atoms with Crippen LogP contribution in [0.5, 0.6) is 0 Å². The van der Waals surface area contributed by atoms with E-state index < -0.39 is 0 Å². The van der Waals surface area contributed by atoms with Gasteiger partial charge in [0.15, 0.2) is 0 Å². The van der Waals surface area contributed by atoms with Crippen LogP contribution in [0.1, 0.15) is 33.1 Å². The predicted molar refractivity (Wildman–Crippen MR) is 59.0 cm³/mol. The van der Waals surface area contributed by atoms with Gasteiger partial charge in [-0.05, 0) is 31.1 Å².